The molecule has 0 spiro atoms. The third-order valence-electron chi connectivity index (χ3n) is 4.43. The first-order valence-corrected chi connectivity index (χ1v) is 10.3. The predicted molar refractivity (Wildman–Crippen MR) is 112 cm³/mol. The monoisotopic (exact) mass is 459 g/mol. The van der Waals surface area contributed by atoms with Gasteiger partial charge in [0.1, 0.15) is 16.8 Å². The van der Waals surface area contributed by atoms with Gasteiger partial charge in [-0.1, -0.05) is 36.0 Å². The van der Waals surface area contributed by atoms with Crippen molar-refractivity contribution in [1.82, 2.24) is 14.9 Å². The molecule has 2 atom stereocenters. The molecule has 0 aliphatic carbocycles. The van der Waals surface area contributed by atoms with Gasteiger partial charge < -0.3 is 15.5 Å². The van der Waals surface area contributed by atoms with Gasteiger partial charge in [-0.05, 0) is 52.7 Å². The van der Waals surface area contributed by atoms with Gasteiger partial charge in [0.25, 0.3) is 0 Å². The molecule has 9 heteroatoms. The molecule has 1 aliphatic rings. The second-order valence-electron chi connectivity index (χ2n) is 6.26. The van der Waals surface area contributed by atoms with Crippen molar-refractivity contribution in [2.45, 2.75) is 23.4 Å². The number of nitrogens with one attached hydrogen (secondary N) is 2. The summed E-state index contributed by atoms with van der Waals surface area (Å²) >= 11 is 4.92. The fourth-order valence-corrected chi connectivity index (χ4v) is 4.71. The van der Waals surface area contributed by atoms with Crippen LogP contribution in [0.2, 0.25) is 0 Å². The Labute approximate surface area is 175 Å². The van der Waals surface area contributed by atoms with Crippen LogP contribution in [0.1, 0.15) is 17.4 Å². The third kappa shape index (κ3) is 3.59. The van der Waals surface area contributed by atoms with Crippen molar-refractivity contribution in [1.29, 1.82) is 0 Å². The van der Waals surface area contributed by atoms with Gasteiger partial charge in [0, 0.05) is 5.69 Å². The summed E-state index contributed by atoms with van der Waals surface area (Å²) in [6.07, 6.45) is 0. The van der Waals surface area contributed by atoms with E-state index in [-0.39, 0.29) is 11.9 Å². The lowest BCUT2D eigenvalue weighted by molar-refractivity contribution is -0.116. The molecule has 0 radical (unpaired) electrons. The quantitative estimate of drug-likeness (QED) is 0.618. The fraction of sp³-hybridized carbons (Fsp3) is 0.211. The molecule has 1 aliphatic heterocycles. The van der Waals surface area contributed by atoms with Crippen LogP contribution in [0, 0.1) is 6.92 Å². The standard InChI is InChI=1S/C19H18BrN5O2S/c1-11-22-23-19-25(11)24-16(12-8-9-15(27-2)14(20)10-12)17(28-19)18(26)21-13-6-4-3-5-7-13/h3-10,16-17,24H,1-2H3,(H,21,26)/t16-,17+/m0/s1. The number of fused-ring (bicyclic) bond motifs is 1. The van der Waals surface area contributed by atoms with Crippen LogP contribution >= 0.6 is 27.7 Å². The predicted octanol–water partition coefficient (Wildman–Crippen LogP) is 3.76. The van der Waals surface area contributed by atoms with Gasteiger partial charge in [-0.25, -0.2) is 4.68 Å². The van der Waals surface area contributed by atoms with Gasteiger partial charge in [0.15, 0.2) is 0 Å². The molecule has 1 aromatic heterocycles. The van der Waals surface area contributed by atoms with Crippen LogP contribution < -0.4 is 15.5 Å². The summed E-state index contributed by atoms with van der Waals surface area (Å²) in [5.41, 5.74) is 5.10. The second-order valence-corrected chi connectivity index (χ2v) is 8.22. The molecule has 0 unspecified atom stereocenters. The summed E-state index contributed by atoms with van der Waals surface area (Å²) in [5.74, 6) is 1.37. The van der Waals surface area contributed by atoms with E-state index in [0.717, 1.165) is 27.3 Å². The summed E-state index contributed by atoms with van der Waals surface area (Å²) in [5, 5.41) is 11.5. The average Bonchev–Trinajstić information content (AvgIpc) is 3.08. The van der Waals surface area contributed by atoms with E-state index in [2.05, 4.69) is 36.9 Å². The number of benzene rings is 2. The fourth-order valence-electron chi connectivity index (χ4n) is 3.02. The summed E-state index contributed by atoms with van der Waals surface area (Å²) < 4.78 is 7.97. The number of ether oxygens (including phenoxy) is 1. The van der Waals surface area contributed by atoms with E-state index < -0.39 is 5.25 Å². The number of anilines is 1. The number of thioether (sulfide) groups is 1. The number of carbonyl (C=O) groups is 1. The van der Waals surface area contributed by atoms with Crippen molar-refractivity contribution in [2.75, 3.05) is 17.9 Å². The molecule has 2 aromatic carbocycles. The highest BCUT2D eigenvalue weighted by Crippen LogP contribution is 2.39. The molecule has 0 fully saturated rings. The first-order valence-electron chi connectivity index (χ1n) is 8.61. The Morgan fingerprint density at radius 1 is 1.25 bits per heavy atom. The normalized spacial score (nSPS) is 18.1. The molecule has 28 heavy (non-hydrogen) atoms. The molecule has 0 bridgehead atoms. The maximum atomic E-state index is 13.1. The minimum Gasteiger partial charge on any atom is -0.496 e. The average molecular weight is 460 g/mol. The minimum absolute atomic E-state index is 0.104. The Balaban J connectivity index is 1.69. The Morgan fingerprint density at radius 2 is 2.04 bits per heavy atom. The van der Waals surface area contributed by atoms with Gasteiger partial charge in [-0.2, -0.15) is 0 Å². The molecular formula is C19H18BrN5O2S. The first-order chi connectivity index (χ1) is 13.6. The number of amides is 1. The largest absolute Gasteiger partial charge is 0.496 e. The van der Waals surface area contributed by atoms with Crippen molar-refractivity contribution in [3.05, 3.63) is 64.4 Å². The van der Waals surface area contributed by atoms with Crippen molar-refractivity contribution >= 4 is 39.3 Å². The number of hydrogen-bond acceptors (Lipinski definition) is 6. The molecule has 0 saturated heterocycles. The van der Waals surface area contributed by atoms with Crippen LogP contribution in [0.15, 0.2) is 58.2 Å². The molecule has 4 rings (SSSR count). The van der Waals surface area contributed by atoms with Gasteiger partial charge in [0.2, 0.25) is 11.1 Å². The highest BCUT2D eigenvalue weighted by Gasteiger charge is 2.37. The molecule has 2 N–H and O–H groups in total. The van der Waals surface area contributed by atoms with E-state index in [9.17, 15) is 4.79 Å². The summed E-state index contributed by atoms with van der Waals surface area (Å²) in [6.45, 7) is 1.87. The summed E-state index contributed by atoms with van der Waals surface area (Å²) in [7, 11) is 1.62. The topological polar surface area (TPSA) is 81.1 Å². The Kier molecular flexibility index (Phi) is 5.27. The van der Waals surface area contributed by atoms with Gasteiger partial charge >= 0.3 is 0 Å². The van der Waals surface area contributed by atoms with Crippen LogP contribution in [0.4, 0.5) is 5.69 Å². The number of para-hydroxylation sites is 1. The summed E-state index contributed by atoms with van der Waals surface area (Å²) in [4.78, 5) is 13.1. The molecule has 144 valence electrons. The lowest BCUT2D eigenvalue weighted by Crippen LogP contribution is -2.41. The molecule has 0 saturated carbocycles. The number of hydrogen-bond donors (Lipinski definition) is 2. The van der Waals surface area contributed by atoms with E-state index in [1.807, 2.05) is 60.1 Å². The zero-order valence-corrected chi connectivity index (χ0v) is 17.6. The maximum absolute atomic E-state index is 13.1. The molecule has 2 heterocycles. The van der Waals surface area contributed by atoms with Gasteiger partial charge in [-0.3, -0.25) is 4.79 Å². The Bertz CT molecular complexity index is 1010. The smallest absolute Gasteiger partial charge is 0.240 e. The zero-order chi connectivity index (χ0) is 19.7. The van der Waals surface area contributed by atoms with E-state index in [4.69, 9.17) is 4.74 Å². The van der Waals surface area contributed by atoms with E-state index in [0.29, 0.717) is 5.16 Å². The number of aryl methyl sites for hydroxylation is 1. The van der Waals surface area contributed by atoms with Crippen molar-refractivity contribution in [3.8, 4) is 5.75 Å². The maximum Gasteiger partial charge on any atom is 0.240 e. The minimum atomic E-state index is -0.434. The highest BCUT2D eigenvalue weighted by molar-refractivity contribution is 9.10. The lowest BCUT2D eigenvalue weighted by atomic mass is 10.0. The molecule has 1 amide bonds. The van der Waals surface area contributed by atoms with E-state index in [1.165, 1.54) is 11.8 Å². The second kappa shape index (κ2) is 7.84. The third-order valence-corrected chi connectivity index (χ3v) is 6.27. The number of rotatable bonds is 4. The van der Waals surface area contributed by atoms with Crippen LogP contribution in [-0.2, 0) is 4.79 Å². The van der Waals surface area contributed by atoms with E-state index >= 15 is 0 Å². The Hall–Kier alpha value is -2.52. The van der Waals surface area contributed by atoms with Crippen molar-refractivity contribution in [2.24, 2.45) is 0 Å². The van der Waals surface area contributed by atoms with E-state index in [1.54, 1.807) is 7.11 Å². The van der Waals surface area contributed by atoms with Gasteiger partial charge in [-0.15, -0.1) is 10.2 Å². The Morgan fingerprint density at radius 3 is 2.75 bits per heavy atom. The number of methoxy groups -OCH3 is 1. The SMILES string of the molecule is COc1ccc([C@@H]2Nn3c(C)nnc3S[C@H]2C(=O)Nc2ccccc2)cc1Br. The molecule has 7 nitrogen and oxygen atoms in total. The van der Waals surface area contributed by atoms with Crippen molar-refractivity contribution in [3.63, 3.8) is 0 Å². The van der Waals surface area contributed by atoms with Crippen LogP contribution in [-0.4, -0.2) is 33.1 Å². The molecular weight excluding hydrogens is 442 g/mol. The van der Waals surface area contributed by atoms with Crippen LogP contribution in [0.25, 0.3) is 0 Å². The number of halogens is 1. The molecule has 3 aromatic rings. The summed E-state index contributed by atoms with van der Waals surface area (Å²) in [6, 6.07) is 14.9. The van der Waals surface area contributed by atoms with Crippen LogP contribution in [0.5, 0.6) is 5.75 Å². The first kappa shape index (κ1) is 18.8. The number of aromatic nitrogens is 3. The number of nitrogens with zero attached hydrogens (tertiary/aromatic N) is 3. The zero-order valence-electron chi connectivity index (χ0n) is 15.2. The highest BCUT2D eigenvalue weighted by atomic mass is 79.9. The number of carbonyl (C=O) groups excluding carboxylic acids is 1. The van der Waals surface area contributed by atoms with Crippen molar-refractivity contribution < 1.29 is 9.53 Å². The van der Waals surface area contributed by atoms with Crippen LogP contribution in [0.3, 0.4) is 0 Å². The lowest BCUT2D eigenvalue weighted by Gasteiger charge is -2.33. The van der Waals surface area contributed by atoms with Gasteiger partial charge in [0.05, 0.1) is 17.6 Å².